The SMILES string of the molecule is O=P(O)(O)O[C@H]1[C@@H](O)[C@H](O)[C@@H](OP(=O)(O)O)[C@H](OP(=O)(O)O)[C@H]1O. The Balaban J connectivity index is 3.23. The van der Waals surface area contributed by atoms with Crippen LogP contribution in [0.15, 0.2) is 0 Å². The van der Waals surface area contributed by atoms with Crippen molar-refractivity contribution in [1.29, 1.82) is 0 Å². The van der Waals surface area contributed by atoms with Crippen molar-refractivity contribution in [3.8, 4) is 0 Å². The van der Waals surface area contributed by atoms with E-state index in [-0.39, 0.29) is 0 Å². The molecule has 1 aliphatic rings. The van der Waals surface area contributed by atoms with Gasteiger partial charge in [0.25, 0.3) is 0 Å². The average Bonchev–Trinajstić information content (AvgIpc) is 2.32. The number of aliphatic hydroxyl groups is 3. The van der Waals surface area contributed by atoms with Gasteiger partial charge < -0.3 is 44.7 Å². The molecule has 9 N–H and O–H groups in total. The van der Waals surface area contributed by atoms with Gasteiger partial charge in [0.2, 0.25) is 0 Å². The molecule has 0 aromatic carbocycles. The third kappa shape index (κ3) is 6.50. The second-order valence-corrected chi connectivity index (χ2v) is 8.23. The Morgan fingerprint density at radius 3 is 1.08 bits per heavy atom. The number of rotatable bonds is 6. The number of hydrogen-bond donors (Lipinski definition) is 9. The zero-order chi connectivity index (χ0) is 19.1. The van der Waals surface area contributed by atoms with Gasteiger partial charge in [-0.25, -0.2) is 13.7 Å². The van der Waals surface area contributed by atoms with E-state index in [4.69, 9.17) is 29.4 Å². The summed E-state index contributed by atoms with van der Waals surface area (Å²) in [6.07, 6.45) is -14.3. The van der Waals surface area contributed by atoms with E-state index >= 15 is 0 Å². The highest BCUT2D eigenvalue weighted by Gasteiger charge is 2.56. The standard InChI is InChI=1S/C6H15O15P3/c7-1-2(8)5(20-23(13,14)15)6(21-24(16,17)18)3(9)4(1)19-22(10,11)12/h1-9H,(H2,10,11,12)(H2,13,14,15)(H2,16,17,18)/t1-,2-,3-,4-,5+,6+/m0/s1. The Labute approximate surface area is 133 Å². The summed E-state index contributed by atoms with van der Waals surface area (Å²) < 4.78 is 44.7. The quantitative estimate of drug-likeness (QED) is 0.189. The molecular formula is C6H15O15P3. The summed E-state index contributed by atoms with van der Waals surface area (Å²) in [5.74, 6) is 0. The molecule has 0 aromatic rings. The largest absolute Gasteiger partial charge is 0.470 e. The van der Waals surface area contributed by atoms with Crippen molar-refractivity contribution in [1.82, 2.24) is 0 Å². The second kappa shape index (κ2) is 7.45. The molecule has 15 nitrogen and oxygen atoms in total. The van der Waals surface area contributed by atoms with Gasteiger partial charge in [-0.3, -0.25) is 13.6 Å². The number of phosphoric acid groups is 3. The van der Waals surface area contributed by atoms with Crippen LogP contribution in [-0.2, 0) is 27.3 Å². The highest BCUT2D eigenvalue weighted by atomic mass is 31.2. The van der Waals surface area contributed by atoms with Crippen molar-refractivity contribution in [2.24, 2.45) is 0 Å². The van der Waals surface area contributed by atoms with Gasteiger partial charge in [0.05, 0.1) is 0 Å². The van der Waals surface area contributed by atoms with E-state index in [0.717, 1.165) is 0 Å². The third-order valence-corrected chi connectivity index (χ3v) is 4.35. The van der Waals surface area contributed by atoms with Crippen LogP contribution in [0.5, 0.6) is 0 Å². The fraction of sp³-hybridized carbons (Fsp3) is 1.00. The van der Waals surface area contributed by atoms with Crippen molar-refractivity contribution in [2.75, 3.05) is 0 Å². The molecule has 0 spiro atoms. The van der Waals surface area contributed by atoms with Crippen LogP contribution < -0.4 is 0 Å². The van der Waals surface area contributed by atoms with Gasteiger partial charge in [-0.2, -0.15) is 0 Å². The third-order valence-electron chi connectivity index (χ3n) is 2.80. The van der Waals surface area contributed by atoms with Crippen LogP contribution in [0, 0.1) is 0 Å². The van der Waals surface area contributed by atoms with Crippen molar-refractivity contribution >= 4 is 23.5 Å². The Morgan fingerprint density at radius 2 is 0.750 bits per heavy atom. The maximum atomic E-state index is 10.9. The first-order valence-corrected chi connectivity index (χ1v) is 10.4. The number of aliphatic hydroxyl groups excluding tert-OH is 3. The van der Waals surface area contributed by atoms with Gasteiger partial charge in [-0.15, -0.1) is 0 Å². The molecule has 1 aliphatic carbocycles. The van der Waals surface area contributed by atoms with Crippen LogP contribution >= 0.6 is 23.5 Å². The van der Waals surface area contributed by atoms with E-state index in [9.17, 15) is 29.0 Å². The van der Waals surface area contributed by atoms with E-state index in [1.54, 1.807) is 0 Å². The number of phosphoric ester groups is 3. The van der Waals surface area contributed by atoms with Gasteiger partial charge in [-0.05, 0) is 0 Å². The van der Waals surface area contributed by atoms with Crippen molar-refractivity contribution in [2.45, 2.75) is 36.6 Å². The van der Waals surface area contributed by atoms with E-state index in [2.05, 4.69) is 13.6 Å². The minimum Gasteiger partial charge on any atom is -0.387 e. The fourth-order valence-electron chi connectivity index (χ4n) is 2.01. The highest BCUT2D eigenvalue weighted by molar-refractivity contribution is 7.46. The molecule has 0 bridgehead atoms. The summed E-state index contributed by atoms with van der Waals surface area (Å²) in [5, 5.41) is 29.3. The molecule has 18 heteroatoms. The van der Waals surface area contributed by atoms with Gasteiger partial charge in [0.1, 0.15) is 36.6 Å². The Morgan fingerprint density at radius 1 is 0.500 bits per heavy atom. The van der Waals surface area contributed by atoms with Crippen LogP contribution in [0.1, 0.15) is 0 Å². The molecule has 0 saturated heterocycles. The molecule has 6 atom stereocenters. The van der Waals surface area contributed by atoms with Crippen molar-refractivity contribution in [3.05, 3.63) is 0 Å². The second-order valence-electron chi connectivity index (χ2n) is 4.65. The summed E-state index contributed by atoms with van der Waals surface area (Å²) in [4.78, 5) is 52.4. The van der Waals surface area contributed by atoms with Gasteiger partial charge in [0.15, 0.2) is 0 Å². The summed E-state index contributed by atoms with van der Waals surface area (Å²) in [6.45, 7) is 0. The smallest absolute Gasteiger partial charge is 0.387 e. The Kier molecular flexibility index (Phi) is 6.90. The monoisotopic (exact) mass is 420 g/mol. The van der Waals surface area contributed by atoms with Crippen LogP contribution in [0.4, 0.5) is 0 Å². The van der Waals surface area contributed by atoms with Gasteiger partial charge >= 0.3 is 23.5 Å². The normalized spacial score (nSPS) is 35.9. The molecule has 0 radical (unpaired) electrons. The van der Waals surface area contributed by atoms with E-state index < -0.39 is 60.1 Å². The molecule has 0 heterocycles. The van der Waals surface area contributed by atoms with Crippen LogP contribution in [0.3, 0.4) is 0 Å². The summed E-state index contributed by atoms with van der Waals surface area (Å²) in [7, 11) is -16.2. The van der Waals surface area contributed by atoms with Crippen molar-refractivity contribution in [3.63, 3.8) is 0 Å². The lowest BCUT2D eigenvalue weighted by Crippen LogP contribution is -2.65. The molecule has 24 heavy (non-hydrogen) atoms. The molecule has 1 rings (SSSR count). The lowest BCUT2D eigenvalue weighted by Gasteiger charge is -2.44. The summed E-state index contributed by atoms with van der Waals surface area (Å²) in [6, 6.07) is 0. The lowest BCUT2D eigenvalue weighted by molar-refractivity contribution is -0.212. The minimum atomic E-state index is -5.43. The summed E-state index contributed by atoms with van der Waals surface area (Å²) >= 11 is 0. The zero-order valence-corrected chi connectivity index (χ0v) is 14.0. The lowest BCUT2D eigenvalue weighted by atomic mass is 9.85. The topological polar surface area (TPSA) is 261 Å². The maximum absolute atomic E-state index is 10.9. The van der Waals surface area contributed by atoms with Gasteiger partial charge in [-0.1, -0.05) is 0 Å². The molecule has 1 saturated carbocycles. The molecule has 0 unspecified atom stereocenters. The molecule has 0 aliphatic heterocycles. The van der Waals surface area contributed by atoms with E-state index in [0.29, 0.717) is 0 Å². The van der Waals surface area contributed by atoms with E-state index in [1.165, 1.54) is 0 Å². The Hall–Kier alpha value is 0.210. The van der Waals surface area contributed by atoms with Crippen LogP contribution in [-0.4, -0.2) is 81.3 Å². The van der Waals surface area contributed by atoms with E-state index in [1.807, 2.05) is 0 Å². The summed E-state index contributed by atoms with van der Waals surface area (Å²) in [5.41, 5.74) is 0. The minimum absolute atomic E-state index is 2.32. The van der Waals surface area contributed by atoms with Crippen molar-refractivity contribution < 1.29 is 71.9 Å². The predicted octanol–water partition coefficient (Wildman–Crippen LogP) is -3.48. The molecule has 0 aromatic heterocycles. The number of hydrogen-bond acceptors (Lipinski definition) is 9. The van der Waals surface area contributed by atoms with Crippen LogP contribution in [0.25, 0.3) is 0 Å². The molecule has 144 valence electrons. The fourth-order valence-corrected chi connectivity index (χ4v) is 3.70. The first-order chi connectivity index (χ1) is 10.5. The Bertz CT molecular complexity index is 574. The first-order valence-electron chi connectivity index (χ1n) is 5.78. The van der Waals surface area contributed by atoms with Crippen LogP contribution in [0.2, 0.25) is 0 Å². The predicted molar refractivity (Wildman–Crippen MR) is 68.8 cm³/mol. The maximum Gasteiger partial charge on any atom is 0.470 e. The molecule has 1 fully saturated rings. The van der Waals surface area contributed by atoms with Gasteiger partial charge in [0, 0.05) is 0 Å². The first kappa shape index (κ1) is 22.3. The molecular weight excluding hydrogens is 405 g/mol. The highest BCUT2D eigenvalue weighted by Crippen LogP contribution is 2.49. The molecule has 0 amide bonds. The average molecular weight is 420 g/mol. The zero-order valence-electron chi connectivity index (χ0n) is 11.3.